The first-order valence-corrected chi connectivity index (χ1v) is 1.64. The third-order valence-electron chi connectivity index (χ3n) is 0. The summed E-state index contributed by atoms with van der Waals surface area (Å²) >= 11 is 0. The molecule has 0 fully saturated rings. The third-order valence-corrected chi connectivity index (χ3v) is 0. The van der Waals surface area contributed by atoms with E-state index >= 15 is 0 Å². The topological polar surface area (TPSA) is 106 Å². The van der Waals surface area contributed by atoms with E-state index in [0.29, 0.717) is 0 Å². The molecule has 0 bridgehead atoms. The van der Waals surface area contributed by atoms with Crippen LogP contribution in [-0.2, 0) is 0 Å². The van der Waals surface area contributed by atoms with Crippen LogP contribution in [-0.4, -0.2) is 0 Å². The summed E-state index contributed by atoms with van der Waals surface area (Å²) < 4.78 is 0. The molecule has 0 saturated heterocycles. The molecular weight excluding hydrogens is 93.0 g/mol. The maximum atomic E-state index is 8.48. The van der Waals surface area contributed by atoms with Crippen LogP contribution in [0.2, 0.25) is 0 Å². The molecule has 0 saturated carbocycles. The molecule has 0 heterocycles. The molecule has 0 aromatic carbocycles. The lowest BCUT2D eigenvalue weighted by atomic mass is 14.0. The fourth-order valence-electron chi connectivity index (χ4n) is 0. The second kappa shape index (κ2) is 4.27. The second-order valence-electron chi connectivity index (χ2n) is 0.224. The van der Waals surface area contributed by atoms with Crippen molar-refractivity contribution in [3.8, 4) is 0 Å². The summed E-state index contributed by atoms with van der Waals surface area (Å²) in [5.41, 5.74) is 0. The molecule has 0 radical (unpaired) electrons. The van der Waals surface area contributed by atoms with Gasteiger partial charge in [0, 0.05) is 0 Å². The van der Waals surface area contributed by atoms with Crippen LogP contribution in [0.5, 0.6) is 0 Å². The molecule has 34 valence electrons. The fraction of sp³-hybridized carbons (Fsp3) is 0. The highest BCUT2D eigenvalue weighted by molar-refractivity contribution is 7.33. The van der Waals surface area contributed by atoms with E-state index in [-0.39, 0.29) is 6.15 Å². The minimum absolute atomic E-state index is 0. The Kier molecular flexibility index (Phi) is 7.67. The molecule has 5 heavy (non-hydrogen) atoms. The quantitative estimate of drug-likeness (QED) is 0.342. The Morgan fingerprint density at radius 2 is 1.00 bits per heavy atom. The Morgan fingerprint density at radius 3 is 1.00 bits per heavy atom. The first-order chi connectivity index (χ1) is 1.73. The summed E-state index contributed by atoms with van der Waals surface area (Å²) in [7, 11) is -3.37. The van der Waals surface area contributed by atoms with Crippen LogP contribution in [0.4, 0.5) is 0 Å². The molecule has 0 aliphatic carbocycles. The van der Waals surface area contributed by atoms with Crippen molar-refractivity contribution in [3.63, 3.8) is 0 Å². The molecule has 0 unspecified atom stereocenters. The van der Waals surface area contributed by atoms with E-state index in [9.17, 15) is 0 Å². The maximum absolute atomic E-state index is 8.48. The Labute approximate surface area is 30.7 Å². The van der Waals surface area contributed by atoms with Crippen molar-refractivity contribution in [2.75, 3.05) is 0 Å². The Morgan fingerprint density at radius 1 is 1.00 bits per heavy atom. The van der Waals surface area contributed by atoms with Gasteiger partial charge in [0.15, 0.2) is 0 Å². The molecule has 4 nitrogen and oxygen atoms in total. The lowest BCUT2D eigenvalue weighted by molar-refractivity contribution is -0.407. The largest absolute Gasteiger partial charge is 0.854 e. The summed E-state index contributed by atoms with van der Waals surface area (Å²) in [6.07, 6.45) is 0. The average Bonchev–Trinajstić information content (AvgIpc) is 0.811. The smallest absolute Gasteiger partial charge is 0.369 e. The molecule has 5 heteroatoms. The summed E-state index contributed by atoms with van der Waals surface area (Å²) in [4.78, 5) is 25.4. The van der Waals surface area contributed by atoms with Crippen molar-refractivity contribution < 1.29 is 14.7 Å². The van der Waals surface area contributed by atoms with Gasteiger partial charge in [0.25, 0.3) is 0 Å². The van der Waals surface area contributed by atoms with Gasteiger partial charge in [-0.05, 0) is 0 Å². The van der Waals surface area contributed by atoms with Gasteiger partial charge in [0.05, 0.1) is 0 Å². The molecule has 0 spiro atoms. The van der Waals surface area contributed by atoms with Gasteiger partial charge in [-0.2, -0.15) is 0 Å². The lowest BCUT2D eigenvalue weighted by Crippen LogP contribution is -2.18. The van der Waals surface area contributed by atoms with E-state index < -0.39 is 8.60 Å². The van der Waals surface area contributed by atoms with Crippen molar-refractivity contribution in [2.24, 2.45) is 0 Å². The van der Waals surface area contributed by atoms with Crippen LogP contribution < -0.4 is 20.8 Å². The molecule has 0 aliphatic heterocycles. The highest BCUT2D eigenvalue weighted by atomic mass is 31.2. The average molecular weight is 97.0 g/mol. The zero-order valence-corrected chi connectivity index (χ0v) is 3.57. The molecular formula is H4NO3P-2. The van der Waals surface area contributed by atoms with E-state index in [0.717, 1.165) is 0 Å². The standard InChI is InChI=1S/H3N.O3P/c;1-4(2)3/h1H3;/q;-3/p+1. The fourth-order valence-corrected chi connectivity index (χ4v) is 0. The van der Waals surface area contributed by atoms with Gasteiger partial charge in [0.2, 0.25) is 0 Å². The van der Waals surface area contributed by atoms with Crippen molar-refractivity contribution in [1.82, 2.24) is 6.15 Å². The predicted octanol–water partition coefficient (Wildman–Crippen LogP) is -2.33. The highest BCUT2D eigenvalue weighted by Crippen LogP contribution is 1.85. The van der Waals surface area contributed by atoms with Gasteiger partial charge in [-0.25, -0.2) is 0 Å². The first-order valence-electron chi connectivity index (χ1n) is 0.548. The summed E-state index contributed by atoms with van der Waals surface area (Å²) in [6, 6.07) is 0. The van der Waals surface area contributed by atoms with Gasteiger partial charge in [-0.1, -0.05) is 0 Å². The van der Waals surface area contributed by atoms with Crippen LogP contribution in [0.25, 0.3) is 0 Å². The van der Waals surface area contributed by atoms with Gasteiger partial charge in [-0.3, -0.25) is 0 Å². The summed E-state index contributed by atoms with van der Waals surface area (Å²) in [5.74, 6) is 0. The van der Waals surface area contributed by atoms with Crippen LogP contribution in [0, 0.1) is 0 Å². The van der Waals surface area contributed by atoms with Crippen LogP contribution in [0.3, 0.4) is 0 Å². The monoisotopic (exact) mass is 97.0 g/mol. The van der Waals surface area contributed by atoms with E-state index in [2.05, 4.69) is 0 Å². The molecule has 4 N–H and O–H groups in total. The van der Waals surface area contributed by atoms with E-state index in [1.165, 1.54) is 0 Å². The van der Waals surface area contributed by atoms with E-state index in [1.54, 1.807) is 0 Å². The number of quaternary nitrogens is 1. The molecule has 0 amide bonds. The van der Waals surface area contributed by atoms with Crippen molar-refractivity contribution in [3.05, 3.63) is 0 Å². The lowest BCUT2D eigenvalue weighted by Gasteiger charge is -2.39. The van der Waals surface area contributed by atoms with Gasteiger partial charge < -0.3 is 29.4 Å². The van der Waals surface area contributed by atoms with Crippen LogP contribution >= 0.6 is 8.60 Å². The third kappa shape index (κ3) is 302. The van der Waals surface area contributed by atoms with Crippen molar-refractivity contribution >= 4 is 8.60 Å². The van der Waals surface area contributed by atoms with Crippen molar-refractivity contribution in [1.29, 1.82) is 0 Å². The molecule has 0 aliphatic rings. The van der Waals surface area contributed by atoms with E-state index in [4.69, 9.17) is 14.7 Å². The molecule has 0 atom stereocenters. The summed E-state index contributed by atoms with van der Waals surface area (Å²) in [6.45, 7) is 0. The van der Waals surface area contributed by atoms with E-state index in [1.807, 2.05) is 0 Å². The zero-order valence-electron chi connectivity index (χ0n) is 2.67. The number of rotatable bonds is 0. The highest BCUT2D eigenvalue weighted by Gasteiger charge is 1.10. The Bertz CT molecular complexity index is 11.6. The summed E-state index contributed by atoms with van der Waals surface area (Å²) in [5, 5.41) is 0. The maximum Gasteiger partial charge on any atom is -0.369 e. The van der Waals surface area contributed by atoms with Gasteiger partial charge in [-0.15, -0.1) is 0 Å². The van der Waals surface area contributed by atoms with Crippen molar-refractivity contribution in [2.45, 2.75) is 0 Å². The first kappa shape index (κ1) is 8.99. The number of hydrogen-bond donors (Lipinski definition) is 1. The van der Waals surface area contributed by atoms with Gasteiger partial charge >= 0.3 is 0 Å². The number of hydrogen-bond acceptors (Lipinski definition) is 3. The Balaban J connectivity index is 0. The second-order valence-corrected chi connectivity index (χ2v) is 0.671. The molecule has 0 rings (SSSR count). The van der Waals surface area contributed by atoms with Crippen LogP contribution in [0.15, 0.2) is 0 Å². The molecule has 0 aromatic heterocycles. The minimum atomic E-state index is -3.37. The molecule has 0 aromatic rings. The minimum Gasteiger partial charge on any atom is -0.854 e. The normalized spacial score (nSPS) is 7.20. The van der Waals surface area contributed by atoms with Gasteiger partial charge in [0.1, 0.15) is 0 Å². The van der Waals surface area contributed by atoms with Crippen LogP contribution in [0.1, 0.15) is 0 Å². The Hall–Kier alpha value is 0.270. The predicted molar refractivity (Wildman–Crippen MR) is 12.9 cm³/mol. The zero-order chi connectivity index (χ0) is 3.58. The SMILES string of the molecule is [NH4+].[O-]P([O-])[O-].